The molecule has 1 N–H and O–H groups in total. The maximum atomic E-state index is 13.7. The number of nitrogens with one attached hydrogen (secondary N) is 1. The Kier molecular flexibility index (Phi) is 3.54. The molecule has 90 valence electrons. The smallest absolute Gasteiger partial charge is 0.128 e. The second-order valence-corrected chi connectivity index (χ2v) is 4.10. The maximum Gasteiger partial charge on any atom is 0.128 e. The molecular weight excluding hydrogens is 217 g/mol. The summed E-state index contributed by atoms with van der Waals surface area (Å²) in [6, 6.07) is 6.75. The minimum atomic E-state index is -0.185. The van der Waals surface area contributed by atoms with Gasteiger partial charge < -0.3 is 5.32 Å². The Labute approximate surface area is 100 Å². The number of nitrogens with zero attached hydrogens (tertiary/aromatic N) is 2. The third-order valence-electron chi connectivity index (χ3n) is 2.76. The summed E-state index contributed by atoms with van der Waals surface area (Å²) in [5.74, 6) is -0.185. The molecule has 0 bridgehead atoms. The average molecular weight is 233 g/mol. The van der Waals surface area contributed by atoms with Gasteiger partial charge in [0.15, 0.2) is 0 Å². The zero-order valence-electron chi connectivity index (χ0n) is 10.0. The first-order valence-corrected chi connectivity index (χ1v) is 5.61. The highest BCUT2D eigenvalue weighted by Crippen LogP contribution is 2.18. The van der Waals surface area contributed by atoms with Crippen LogP contribution in [-0.2, 0) is 6.54 Å². The van der Waals surface area contributed by atoms with Gasteiger partial charge in [0.2, 0.25) is 0 Å². The minimum Gasteiger partial charge on any atom is -0.311 e. The molecule has 0 aliphatic rings. The average Bonchev–Trinajstić information content (AvgIpc) is 2.73. The van der Waals surface area contributed by atoms with Crippen LogP contribution in [0.1, 0.15) is 17.2 Å². The van der Waals surface area contributed by atoms with Gasteiger partial charge in [-0.15, -0.1) is 0 Å². The second kappa shape index (κ2) is 5.10. The van der Waals surface area contributed by atoms with Gasteiger partial charge in [-0.1, -0.05) is 18.2 Å². The first-order valence-electron chi connectivity index (χ1n) is 5.61. The molecule has 0 saturated heterocycles. The predicted molar refractivity (Wildman–Crippen MR) is 65.2 cm³/mol. The first kappa shape index (κ1) is 11.8. The van der Waals surface area contributed by atoms with Crippen LogP contribution in [0.3, 0.4) is 0 Å². The van der Waals surface area contributed by atoms with E-state index in [0.717, 1.165) is 5.56 Å². The SMILES string of the molecule is CNC(Cn1cc(C)cn1)c1ccccc1F. The molecule has 0 amide bonds. The summed E-state index contributed by atoms with van der Waals surface area (Å²) < 4.78 is 15.5. The standard InChI is InChI=1S/C13H16FN3/c1-10-7-16-17(8-10)9-13(15-2)11-5-3-4-6-12(11)14/h3-8,13,15H,9H2,1-2H3. The summed E-state index contributed by atoms with van der Waals surface area (Å²) in [7, 11) is 1.83. The van der Waals surface area contributed by atoms with E-state index < -0.39 is 0 Å². The third kappa shape index (κ3) is 2.71. The number of aryl methyl sites for hydroxylation is 1. The molecule has 1 aromatic carbocycles. The predicted octanol–water partition coefficient (Wildman–Crippen LogP) is 2.29. The van der Waals surface area contributed by atoms with E-state index in [4.69, 9.17) is 0 Å². The Balaban J connectivity index is 2.20. The number of rotatable bonds is 4. The Morgan fingerprint density at radius 2 is 2.18 bits per heavy atom. The van der Waals surface area contributed by atoms with Crippen molar-refractivity contribution in [3.8, 4) is 0 Å². The van der Waals surface area contributed by atoms with Gasteiger partial charge >= 0.3 is 0 Å². The lowest BCUT2D eigenvalue weighted by Crippen LogP contribution is -2.23. The van der Waals surface area contributed by atoms with Crippen LogP contribution in [-0.4, -0.2) is 16.8 Å². The summed E-state index contributed by atoms with van der Waals surface area (Å²) in [5, 5.41) is 7.33. The molecule has 1 unspecified atom stereocenters. The highest BCUT2D eigenvalue weighted by molar-refractivity contribution is 5.21. The molecule has 0 fully saturated rings. The van der Waals surface area contributed by atoms with E-state index in [1.807, 2.05) is 30.9 Å². The molecule has 0 spiro atoms. The number of halogens is 1. The van der Waals surface area contributed by atoms with Crippen LogP contribution in [0.2, 0.25) is 0 Å². The molecule has 1 aromatic heterocycles. The lowest BCUT2D eigenvalue weighted by atomic mass is 10.1. The lowest BCUT2D eigenvalue weighted by molar-refractivity contribution is 0.449. The van der Waals surface area contributed by atoms with Crippen molar-refractivity contribution in [2.45, 2.75) is 19.5 Å². The van der Waals surface area contributed by atoms with Crippen LogP contribution in [0.25, 0.3) is 0 Å². The van der Waals surface area contributed by atoms with Gasteiger partial charge in [0, 0.05) is 11.8 Å². The van der Waals surface area contributed by atoms with Crippen molar-refractivity contribution in [1.82, 2.24) is 15.1 Å². The molecule has 3 nitrogen and oxygen atoms in total. The summed E-state index contributed by atoms with van der Waals surface area (Å²) in [5.41, 5.74) is 1.77. The Morgan fingerprint density at radius 3 is 2.76 bits per heavy atom. The molecule has 17 heavy (non-hydrogen) atoms. The van der Waals surface area contributed by atoms with Crippen molar-refractivity contribution < 1.29 is 4.39 Å². The number of hydrogen-bond donors (Lipinski definition) is 1. The Bertz CT molecular complexity index is 493. The fourth-order valence-electron chi connectivity index (χ4n) is 1.86. The Hall–Kier alpha value is -1.68. The van der Waals surface area contributed by atoms with Gasteiger partial charge in [0.25, 0.3) is 0 Å². The normalized spacial score (nSPS) is 12.6. The highest BCUT2D eigenvalue weighted by Gasteiger charge is 2.14. The van der Waals surface area contributed by atoms with Gasteiger partial charge in [0.05, 0.1) is 18.8 Å². The van der Waals surface area contributed by atoms with Crippen LogP contribution >= 0.6 is 0 Å². The molecule has 1 heterocycles. The van der Waals surface area contributed by atoms with Crippen LogP contribution in [0.5, 0.6) is 0 Å². The van der Waals surface area contributed by atoms with Crippen molar-refractivity contribution in [2.75, 3.05) is 7.05 Å². The van der Waals surface area contributed by atoms with Crippen LogP contribution < -0.4 is 5.32 Å². The van der Waals surface area contributed by atoms with E-state index in [9.17, 15) is 4.39 Å². The van der Waals surface area contributed by atoms with Crippen molar-refractivity contribution in [2.24, 2.45) is 0 Å². The minimum absolute atomic E-state index is 0.0736. The van der Waals surface area contributed by atoms with Gasteiger partial charge in [-0.3, -0.25) is 4.68 Å². The number of hydrogen-bond acceptors (Lipinski definition) is 2. The molecule has 0 aliphatic heterocycles. The summed E-state index contributed by atoms with van der Waals surface area (Å²) in [6.07, 6.45) is 3.75. The number of likely N-dealkylation sites (N-methyl/N-ethyl adjacent to an activating group) is 1. The fraction of sp³-hybridized carbons (Fsp3) is 0.308. The summed E-state index contributed by atoms with van der Waals surface area (Å²) >= 11 is 0. The lowest BCUT2D eigenvalue weighted by Gasteiger charge is -2.17. The van der Waals surface area contributed by atoms with E-state index >= 15 is 0 Å². The van der Waals surface area contributed by atoms with Crippen molar-refractivity contribution in [3.05, 3.63) is 53.6 Å². The van der Waals surface area contributed by atoms with Crippen LogP contribution in [0, 0.1) is 12.7 Å². The molecule has 2 rings (SSSR count). The van der Waals surface area contributed by atoms with Gasteiger partial charge in [-0.25, -0.2) is 4.39 Å². The monoisotopic (exact) mass is 233 g/mol. The molecular formula is C13H16FN3. The van der Waals surface area contributed by atoms with Gasteiger partial charge in [-0.2, -0.15) is 5.10 Å². The summed E-state index contributed by atoms with van der Waals surface area (Å²) in [6.45, 7) is 2.60. The molecule has 0 aliphatic carbocycles. The largest absolute Gasteiger partial charge is 0.311 e. The maximum absolute atomic E-state index is 13.7. The van der Waals surface area contributed by atoms with Crippen molar-refractivity contribution in [3.63, 3.8) is 0 Å². The number of benzene rings is 1. The van der Waals surface area contributed by atoms with Crippen LogP contribution in [0.4, 0.5) is 4.39 Å². The van der Waals surface area contributed by atoms with Crippen molar-refractivity contribution >= 4 is 0 Å². The summed E-state index contributed by atoms with van der Waals surface area (Å²) in [4.78, 5) is 0. The van der Waals surface area contributed by atoms with Crippen molar-refractivity contribution in [1.29, 1.82) is 0 Å². The Morgan fingerprint density at radius 1 is 1.41 bits per heavy atom. The third-order valence-corrected chi connectivity index (χ3v) is 2.76. The van der Waals surface area contributed by atoms with E-state index in [1.165, 1.54) is 6.07 Å². The second-order valence-electron chi connectivity index (χ2n) is 4.10. The van der Waals surface area contributed by atoms with E-state index in [0.29, 0.717) is 12.1 Å². The topological polar surface area (TPSA) is 29.9 Å². The van der Waals surface area contributed by atoms with E-state index in [1.54, 1.807) is 18.3 Å². The highest BCUT2D eigenvalue weighted by atomic mass is 19.1. The number of aromatic nitrogens is 2. The molecule has 4 heteroatoms. The van der Waals surface area contributed by atoms with Gasteiger partial charge in [0.1, 0.15) is 5.82 Å². The molecule has 0 saturated carbocycles. The van der Waals surface area contributed by atoms with E-state index in [-0.39, 0.29) is 11.9 Å². The zero-order chi connectivity index (χ0) is 12.3. The fourth-order valence-corrected chi connectivity index (χ4v) is 1.86. The van der Waals surface area contributed by atoms with Crippen LogP contribution in [0.15, 0.2) is 36.7 Å². The quantitative estimate of drug-likeness (QED) is 0.878. The van der Waals surface area contributed by atoms with Gasteiger partial charge in [-0.05, 0) is 25.6 Å². The zero-order valence-corrected chi connectivity index (χ0v) is 10.0. The first-order chi connectivity index (χ1) is 8.20. The molecule has 2 aromatic rings. The molecule has 1 atom stereocenters. The molecule has 0 radical (unpaired) electrons. The van der Waals surface area contributed by atoms with E-state index in [2.05, 4.69) is 10.4 Å².